The van der Waals surface area contributed by atoms with Gasteiger partial charge in [-0.1, -0.05) is 12.1 Å². The van der Waals surface area contributed by atoms with Crippen molar-refractivity contribution in [2.45, 2.75) is 31.6 Å². The molecule has 25 heavy (non-hydrogen) atoms. The zero-order chi connectivity index (χ0) is 17.4. The van der Waals surface area contributed by atoms with Crippen LogP contribution in [0.25, 0.3) is 5.78 Å². The standard InChI is InChI=1S/C18H19N5OS/c1-12-14(13(2)23-18(21-12)19-11-20-23)7-8-17(24)22-9-10-25-16-6-4-3-5-15(16)22/h3-6,11H,7-10H2,1-2H3. The SMILES string of the molecule is Cc1nc2ncnn2c(C)c1CCC(=O)N1CCSc2ccccc21. The third-order valence-electron chi connectivity index (χ3n) is 4.61. The van der Waals surface area contributed by atoms with Gasteiger partial charge in [0.05, 0.1) is 5.69 Å². The Kier molecular flexibility index (Phi) is 4.17. The highest BCUT2D eigenvalue weighted by Crippen LogP contribution is 2.34. The molecule has 0 bridgehead atoms. The smallest absolute Gasteiger partial charge is 0.252 e. The first-order valence-corrected chi connectivity index (χ1v) is 9.31. The molecule has 0 spiro atoms. The highest BCUT2D eigenvalue weighted by atomic mass is 32.2. The number of carbonyl (C=O) groups excluding carboxylic acids is 1. The van der Waals surface area contributed by atoms with Crippen LogP contribution in [-0.4, -0.2) is 37.8 Å². The Hall–Kier alpha value is -2.41. The molecule has 7 heteroatoms. The van der Waals surface area contributed by atoms with Gasteiger partial charge in [-0.15, -0.1) is 11.8 Å². The molecular formula is C18H19N5OS. The number of carbonyl (C=O) groups is 1. The summed E-state index contributed by atoms with van der Waals surface area (Å²) < 4.78 is 1.74. The second-order valence-corrected chi connectivity index (χ2v) is 7.23. The summed E-state index contributed by atoms with van der Waals surface area (Å²) in [4.78, 5) is 24.5. The summed E-state index contributed by atoms with van der Waals surface area (Å²) in [5, 5.41) is 4.21. The lowest BCUT2D eigenvalue weighted by Gasteiger charge is -2.29. The van der Waals surface area contributed by atoms with Crippen molar-refractivity contribution in [2.75, 3.05) is 17.2 Å². The maximum Gasteiger partial charge on any atom is 0.252 e. The van der Waals surface area contributed by atoms with E-state index in [-0.39, 0.29) is 5.91 Å². The lowest BCUT2D eigenvalue weighted by molar-refractivity contribution is -0.118. The second kappa shape index (κ2) is 6.48. The molecule has 1 aliphatic heterocycles. The number of aromatic nitrogens is 4. The van der Waals surface area contributed by atoms with Crippen LogP contribution in [0, 0.1) is 13.8 Å². The van der Waals surface area contributed by atoms with Crippen LogP contribution in [0.1, 0.15) is 23.4 Å². The third-order valence-corrected chi connectivity index (χ3v) is 5.65. The number of rotatable bonds is 3. The van der Waals surface area contributed by atoms with E-state index in [9.17, 15) is 4.79 Å². The number of hydrogen-bond donors (Lipinski definition) is 0. The quantitative estimate of drug-likeness (QED) is 0.724. The molecule has 0 fully saturated rings. The zero-order valence-electron chi connectivity index (χ0n) is 14.3. The van der Waals surface area contributed by atoms with Gasteiger partial charge in [-0.05, 0) is 38.0 Å². The molecule has 0 N–H and O–H groups in total. The van der Waals surface area contributed by atoms with Crippen molar-refractivity contribution in [1.29, 1.82) is 0 Å². The van der Waals surface area contributed by atoms with Gasteiger partial charge in [-0.25, -0.2) is 9.50 Å². The monoisotopic (exact) mass is 353 g/mol. The van der Waals surface area contributed by atoms with E-state index in [1.54, 1.807) is 4.52 Å². The van der Waals surface area contributed by atoms with Crippen LogP contribution in [0.4, 0.5) is 5.69 Å². The molecule has 0 atom stereocenters. The van der Waals surface area contributed by atoms with Crippen LogP contribution in [0.15, 0.2) is 35.5 Å². The van der Waals surface area contributed by atoms with Gasteiger partial charge in [0.1, 0.15) is 6.33 Å². The minimum Gasteiger partial charge on any atom is -0.310 e. The van der Waals surface area contributed by atoms with Crippen molar-refractivity contribution in [3.63, 3.8) is 0 Å². The number of thioether (sulfide) groups is 1. The van der Waals surface area contributed by atoms with E-state index in [0.29, 0.717) is 18.6 Å². The Labute approximate surface area is 150 Å². The first-order valence-electron chi connectivity index (χ1n) is 8.33. The van der Waals surface area contributed by atoms with Gasteiger partial charge in [0, 0.05) is 35.0 Å². The summed E-state index contributed by atoms with van der Waals surface area (Å²) in [5.41, 5.74) is 4.02. The fourth-order valence-corrected chi connectivity index (χ4v) is 4.31. The molecule has 0 unspecified atom stereocenters. The normalized spacial score (nSPS) is 13.9. The minimum absolute atomic E-state index is 0.158. The Morgan fingerprint density at radius 1 is 1.28 bits per heavy atom. The Morgan fingerprint density at radius 2 is 2.12 bits per heavy atom. The minimum atomic E-state index is 0.158. The first kappa shape index (κ1) is 16.1. The van der Waals surface area contributed by atoms with E-state index in [1.165, 1.54) is 11.2 Å². The van der Waals surface area contributed by atoms with Gasteiger partial charge >= 0.3 is 0 Å². The van der Waals surface area contributed by atoms with Gasteiger partial charge in [0.2, 0.25) is 5.91 Å². The number of para-hydroxylation sites is 1. The van der Waals surface area contributed by atoms with Crippen LogP contribution >= 0.6 is 11.8 Å². The molecular weight excluding hydrogens is 334 g/mol. The highest BCUT2D eigenvalue weighted by Gasteiger charge is 2.23. The molecule has 0 saturated heterocycles. The van der Waals surface area contributed by atoms with Crippen molar-refractivity contribution in [3.05, 3.63) is 47.5 Å². The van der Waals surface area contributed by atoms with Crippen LogP contribution in [0.3, 0.4) is 0 Å². The van der Waals surface area contributed by atoms with Crippen LogP contribution in [0.2, 0.25) is 0 Å². The number of anilines is 1. The van der Waals surface area contributed by atoms with E-state index >= 15 is 0 Å². The Morgan fingerprint density at radius 3 is 3.00 bits per heavy atom. The molecule has 6 nitrogen and oxygen atoms in total. The van der Waals surface area contributed by atoms with Crippen molar-refractivity contribution in [2.24, 2.45) is 0 Å². The Balaban J connectivity index is 1.55. The van der Waals surface area contributed by atoms with Crippen molar-refractivity contribution < 1.29 is 4.79 Å². The summed E-state index contributed by atoms with van der Waals surface area (Å²) in [6, 6.07) is 8.11. The van der Waals surface area contributed by atoms with Gasteiger partial charge < -0.3 is 4.90 Å². The zero-order valence-corrected chi connectivity index (χ0v) is 15.1. The van der Waals surface area contributed by atoms with Gasteiger partial charge in [-0.2, -0.15) is 10.1 Å². The van der Waals surface area contributed by atoms with E-state index in [2.05, 4.69) is 21.1 Å². The number of nitrogens with zero attached hydrogens (tertiary/aromatic N) is 5. The topological polar surface area (TPSA) is 63.4 Å². The predicted molar refractivity (Wildman–Crippen MR) is 98.1 cm³/mol. The maximum absolute atomic E-state index is 12.8. The molecule has 1 aromatic carbocycles. The fraction of sp³-hybridized carbons (Fsp3) is 0.333. The lowest BCUT2D eigenvalue weighted by atomic mass is 10.1. The van der Waals surface area contributed by atoms with Crippen molar-refractivity contribution in [1.82, 2.24) is 19.6 Å². The molecule has 0 saturated carbocycles. The summed E-state index contributed by atoms with van der Waals surface area (Å²) in [5.74, 6) is 1.70. The highest BCUT2D eigenvalue weighted by molar-refractivity contribution is 7.99. The second-order valence-electron chi connectivity index (χ2n) is 6.09. The molecule has 4 rings (SSSR count). The summed E-state index contributed by atoms with van der Waals surface area (Å²) in [6.45, 7) is 4.73. The van der Waals surface area contributed by atoms with E-state index < -0.39 is 0 Å². The molecule has 1 aliphatic rings. The number of benzene rings is 1. The maximum atomic E-state index is 12.8. The van der Waals surface area contributed by atoms with E-state index in [4.69, 9.17) is 0 Å². The largest absolute Gasteiger partial charge is 0.310 e. The molecule has 0 radical (unpaired) electrons. The molecule has 2 aromatic heterocycles. The van der Waals surface area contributed by atoms with Crippen LogP contribution in [0.5, 0.6) is 0 Å². The van der Waals surface area contributed by atoms with Crippen LogP contribution < -0.4 is 4.90 Å². The Bertz CT molecular complexity index is 952. The van der Waals surface area contributed by atoms with Gasteiger partial charge in [0.15, 0.2) is 0 Å². The summed E-state index contributed by atoms with van der Waals surface area (Å²) in [6.07, 6.45) is 2.62. The summed E-state index contributed by atoms with van der Waals surface area (Å²) >= 11 is 1.81. The fourth-order valence-electron chi connectivity index (χ4n) is 3.31. The number of aryl methyl sites for hydroxylation is 2. The number of amides is 1. The molecule has 128 valence electrons. The first-order chi connectivity index (χ1) is 12.1. The lowest BCUT2D eigenvalue weighted by Crippen LogP contribution is -2.35. The average Bonchev–Trinajstić information content (AvgIpc) is 3.09. The molecule has 1 amide bonds. The van der Waals surface area contributed by atoms with Crippen molar-refractivity contribution >= 4 is 29.1 Å². The van der Waals surface area contributed by atoms with E-state index in [1.807, 2.05) is 48.7 Å². The number of hydrogen-bond acceptors (Lipinski definition) is 5. The van der Waals surface area contributed by atoms with Crippen LogP contribution in [-0.2, 0) is 11.2 Å². The number of fused-ring (bicyclic) bond motifs is 2. The van der Waals surface area contributed by atoms with Gasteiger partial charge in [0.25, 0.3) is 5.78 Å². The average molecular weight is 353 g/mol. The molecule has 3 heterocycles. The predicted octanol–water partition coefficient (Wildman–Crippen LogP) is 2.81. The van der Waals surface area contributed by atoms with Crippen molar-refractivity contribution in [3.8, 4) is 0 Å². The van der Waals surface area contributed by atoms with Gasteiger partial charge in [-0.3, -0.25) is 4.79 Å². The third kappa shape index (κ3) is 2.89. The van der Waals surface area contributed by atoms with E-state index in [0.717, 1.165) is 34.9 Å². The molecule has 0 aliphatic carbocycles. The summed E-state index contributed by atoms with van der Waals surface area (Å²) in [7, 11) is 0. The molecule has 3 aromatic rings.